The second-order valence-electron chi connectivity index (χ2n) is 4.83. The molecular formula is C12H22N6. The van der Waals surface area contributed by atoms with Crippen molar-refractivity contribution in [3.63, 3.8) is 0 Å². The summed E-state index contributed by atoms with van der Waals surface area (Å²) in [5, 5.41) is 7.46. The number of rotatable bonds is 3. The zero-order valence-corrected chi connectivity index (χ0v) is 11.2. The van der Waals surface area contributed by atoms with E-state index in [4.69, 9.17) is 0 Å². The predicted octanol–water partition coefficient (Wildman–Crippen LogP) is 0.585. The molecule has 100 valence electrons. The number of hydrogen-bond donors (Lipinski definition) is 1. The van der Waals surface area contributed by atoms with E-state index in [1.807, 2.05) is 11.7 Å². The highest BCUT2D eigenvalue weighted by Gasteiger charge is 2.18. The Morgan fingerprint density at radius 2 is 2.44 bits per heavy atom. The van der Waals surface area contributed by atoms with Crippen molar-refractivity contribution in [2.75, 3.05) is 26.7 Å². The fourth-order valence-electron chi connectivity index (χ4n) is 2.34. The van der Waals surface area contributed by atoms with Gasteiger partial charge in [-0.3, -0.25) is 9.67 Å². The van der Waals surface area contributed by atoms with Gasteiger partial charge in [-0.1, -0.05) is 6.92 Å². The van der Waals surface area contributed by atoms with Gasteiger partial charge in [0.2, 0.25) is 0 Å². The van der Waals surface area contributed by atoms with Gasteiger partial charge in [-0.25, -0.2) is 4.98 Å². The van der Waals surface area contributed by atoms with Gasteiger partial charge in [0.15, 0.2) is 5.96 Å². The van der Waals surface area contributed by atoms with Crippen LogP contribution in [0.5, 0.6) is 0 Å². The summed E-state index contributed by atoms with van der Waals surface area (Å²) in [5.41, 5.74) is 0. The quantitative estimate of drug-likeness (QED) is 0.630. The van der Waals surface area contributed by atoms with Gasteiger partial charge < -0.3 is 10.2 Å². The second kappa shape index (κ2) is 6.37. The maximum absolute atomic E-state index is 4.35. The van der Waals surface area contributed by atoms with Gasteiger partial charge in [-0.05, 0) is 18.8 Å². The summed E-state index contributed by atoms with van der Waals surface area (Å²) in [6.45, 7) is 6.13. The maximum Gasteiger partial charge on any atom is 0.193 e. The molecule has 1 aliphatic rings. The summed E-state index contributed by atoms with van der Waals surface area (Å²) < 4.78 is 1.82. The summed E-state index contributed by atoms with van der Waals surface area (Å²) in [7, 11) is 1.84. The molecule has 0 bridgehead atoms. The molecule has 0 amide bonds. The Balaban J connectivity index is 1.78. The van der Waals surface area contributed by atoms with E-state index in [0.717, 1.165) is 38.1 Å². The Labute approximate surface area is 108 Å². The van der Waals surface area contributed by atoms with E-state index in [-0.39, 0.29) is 0 Å². The second-order valence-corrected chi connectivity index (χ2v) is 4.83. The average molecular weight is 250 g/mol. The zero-order chi connectivity index (χ0) is 12.8. The van der Waals surface area contributed by atoms with E-state index < -0.39 is 0 Å². The third-order valence-electron chi connectivity index (χ3n) is 3.26. The lowest BCUT2D eigenvalue weighted by Gasteiger charge is -2.33. The van der Waals surface area contributed by atoms with Gasteiger partial charge in [-0.15, -0.1) is 0 Å². The van der Waals surface area contributed by atoms with Crippen LogP contribution < -0.4 is 5.32 Å². The number of nitrogens with zero attached hydrogens (tertiary/aromatic N) is 5. The van der Waals surface area contributed by atoms with Crippen LogP contribution in [0, 0.1) is 5.92 Å². The van der Waals surface area contributed by atoms with Crippen molar-refractivity contribution in [2.24, 2.45) is 10.9 Å². The fraction of sp³-hybridized carbons (Fsp3) is 0.750. The minimum absolute atomic E-state index is 0.757. The van der Waals surface area contributed by atoms with Crippen LogP contribution in [0.25, 0.3) is 0 Å². The molecule has 6 nitrogen and oxygen atoms in total. The van der Waals surface area contributed by atoms with Crippen molar-refractivity contribution in [1.29, 1.82) is 0 Å². The number of hydrogen-bond acceptors (Lipinski definition) is 3. The Morgan fingerprint density at radius 3 is 3.11 bits per heavy atom. The summed E-state index contributed by atoms with van der Waals surface area (Å²) in [5.74, 6) is 1.76. The highest BCUT2D eigenvalue weighted by molar-refractivity contribution is 5.79. The molecule has 0 radical (unpaired) electrons. The van der Waals surface area contributed by atoms with Gasteiger partial charge in [0.25, 0.3) is 0 Å². The van der Waals surface area contributed by atoms with Crippen molar-refractivity contribution < 1.29 is 0 Å². The van der Waals surface area contributed by atoms with Gasteiger partial charge in [-0.2, -0.15) is 5.10 Å². The number of aliphatic imine (C=N–C) groups is 1. The molecule has 2 rings (SSSR count). The standard InChI is InChI=1S/C12H22N6/c1-11-4-3-6-17(8-11)12(13-2)15-5-7-18-10-14-9-16-18/h9-11H,3-8H2,1-2H3,(H,13,15). The van der Waals surface area contributed by atoms with Gasteiger partial charge in [0, 0.05) is 26.7 Å². The van der Waals surface area contributed by atoms with E-state index in [0.29, 0.717) is 0 Å². The summed E-state index contributed by atoms with van der Waals surface area (Å²) in [4.78, 5) is 10.6. The SMILES string of the molecule is CN=C(NCCn1cncn1)N1CCCC(C)C1. The topological polar surface area (TPSA) is 58.3 Å². The molecule has 1 saturated heterocycles. The molecule has 1 aromatic heterocycles. The van der Waals surface area contributed by atoms with E-state index in [1.54, 1.807) is 12.7 Å². The van der Waals surface area contributed by atoms with Crippen molar-refractivity contribution in [3.8, 4) is 0 Å². The first-order chi connectivity index (χ1) is 8.79. The number of piperidine rings is 1. The third kappa shape index (κ3) is 3.45. The van der Waals surface area contributed by atoms with Gasteiger partial charge in [0.1, 0.15) is 12.7 Å². The highest BCUT2D eigenvalue weighted by Crippen LogP contribution is 2.15. The molecule has 0 saturated carbocycles. The number of guanidine groups is 1. The first-order valence-corrected chi connectivity index (χ1v) is 6.57. The largest absolute Gasteiger partial charge is 0.354 e. The number of aromatic nitrogens is 3. The fourth-order valence-corrected chi connectivity index (χ4v) is 2.34. The monoisotopic (exact) mass is 250 g/mol. The maximum atomic E-state index is 4.35. The highest BCUT2D eigenvalue weighted by atomic mass is 15.3. The minimum Gasteiger partial charge on any atom is -0.354 e. The Hall–Kier alpha value is -1.59. The van der Waals surface area contributed by atoms with Gasteiger partial charge >= 0.3 is 0 Å². The number of nitrogens with one attached hydrogen (secondary N) is 1. The van der Waals surface area contributed by atoms with Crippen LogP contribution >= 0.6 is 0 Å². The number of likely N-dealkylation sites (tertiary alicyclic amines) is 1. The van der Waals surface area contributed by atoms with Crippen LogP contribution in [0.1, 0.15) is 19.8 Å². The van der Waals surface area contributed by atoms with Crippen molar-refractivity contribution >= 4 is 5.96 Å². The molecule has 1 atom stereocenters. The normalized spacial score (nSPS) is 21.1. The molecule has 1 aliphatic heterocycles. The van der Waals surface area contributed by atoms with Crippen LogP contribution in [-0.4, -0.2) is 52.3 Å². The Morgan fingerprint density at radius 1 is 1.56 bits per heavy atom. The van der Waals surface area contributed by atoms with Crippen molar-refractivity contribution in [3.05, 3.63) is 12.7 Å². The molecule has 0 aliphatic carbocycles. The molecular weight excluding hydrogens is 228 g/mol. The lowest BCUT2D eigenvalue weighted by molar-refractivity contribution is 0.265. The molecule has 2 heterocycles. The lowest BCUT2D eigenvalue weighted by Crippen LogP contribution is -2.46. The van der Waals surface area contributed by atoms with Crippen LogP contribution in [0.2, 0.25) is 0 Å². The van der Waals surface area contributed by atoms with Crippen LogP contribution in [-0.2, 0) is 6.54 Å². The zero-order valence-electron chi connectivity index (χ0n) is 11.2. The summed E-state index contributed by atoms with van der Waals surface area (Å²) in [6, 6.07) is 0. The first kappa shape index (κ1) is 12.9. The van der Waals surface area contributed by atoms with Crippen LogP contribution in [0.15, 0.2) is 17.6 Å². The Bertz CT molecular complexity index is 372. The molecule has 0 spiro atoms. The van der Waals surface area contributed by atoms with E-state index in [9.17, 15) is 0 Å². The first-order valence-electron chi connectivity index (χ1n) is 6.57. The summed E-state index contributed by atoms with van der Waals surface area (Å²) >= 11 is 0. The lowest BCUT2D eigenvalue weighted by atomic mass is 10.0. The van der Waals surface area contributed by atoms with E-state index in [1.165, 1.54) is 12.8 Å². The Kier molecular flexibility index (Phi) is 4.55. The average Bonchev–Trinajstić information content (AvgIpc) is 2.88. The minimum atomic E-state index is 0.757. The van der Waals surface area contributed by atoms with Crippen LogP contribution in [0.4, 0.5) is 0 Å². The van der Waals surface area contributed by atoms with Crippen molar-refractivity contribution in [2.45, 2.75) is 26.3 Å². The molecule has 6 heteroatoms. The molecule has 1 unspecified atom stereocenters. The van der Waals surface area contributed by atoms with E-state index in [2.05, 4.69) is 32.2 Å². The van der Waals surface area contributed by atoms with E-state index >= 15 is 0 Å². The molecule has 18 heavy (non-hydrogen) atoms. The smallest absolute Gasteiger partial charge is 0.193 e. The van der Waals surface area contributed by atoms with Crippen LogP contribution in [0.3, 0.4) is 0 Å². The predicted molar refractivity (Wildman–Crippen MR) is 71.4 cm³/mol. The molecule has 1 aromatic rings. The third-order valence-corrected chi connectivity index (χ3v) is 3.26. The van der Waals surface area contributed by atoms with Gasteiger partial charge in [0.05, 0.1) is 6.54 Å². The van der Waals surface area contributed by atoms with Crippen molar-refractivity contribution in [1.82, 2.24) is 25.0 Å². The molecule has 0 aromatic carbocycles. The molecule has 1 fully saturated rings. The molecule has 1 N–H and O–H groups in total. The summed E-state index contributed by atoms with van der Waals surface area (Å²) in [6.07, 6.45) is 5.87.